The molecule has 0 saturated heterocycles. The first kappa shape index (κ1) is 15.4. The molecule has 4 heteroatoms. The highest BCUT2D eigenvalue weighted by atomic mass is 19.1. The lowest BCUT2D eigenvalue weighted by Crippen LogP contribution is -2.21. The zero-order chi connectivity index (χ0) is 15.2. The summed E-state index contributed by atoms with van der Waals surface area (Å²) >= 11 is 0. The molecule has 21 heavy (non-hydrogen) atoms. The zero-order valence-electron chi connectivity index (χ0n) is 12.9. The van der Waals surface area contributed by atoms with Crippen LogP contribution in [0.3, 0.4) is 0 Å². The Bertz CT molecular complexity index is 598. The van der Waals surface area contributed by atoms with Crippen molar-refractivity contribution < 1.29 is 4.39 Å². The molecule has 0 aliphatic rings. The van der Waals surface area contributed by atoms with E-state index < -0.39 is 0 Å². The van der Waals surface area contributed by atoms with Crippen LogP contribution in [-0.4, -0.2) is 18.6 Å². The summed E-state index contributed by atoms with van der Waals surface area (Å²) in [6, 6.07) is 9.95. The quantitative estimate of drug-likeness (QED) is 0.884. The molecule has 1 aromatic heterocycles. The monoisotopic (exact) mass is 287 g/mol. The Labute approximate surface area is 125 Å². The summed E-state index contributed by atoms with van der Waals surface area (Å²) in [7, 11) is 1.87. The van der Waals surface area contributed by atoms with Crippen LogP contribution >= 0.6 is 0 Å². The van der Waals surface area contributed by atoms with Gasteiger partial charge in [-0.1, -0.05) is 36.8 Å². The van der Waals surface area contributed by atoms with Gasteiger partial charge in [-0.05, 0) is 25.1 Å². The van der Waals surface area contributed by atoms with Crippen molar-refractivity contribution in [2.75, 3.05) is 18.5 Å². The number of nitrogens with zero attached hydrogens (tertiary/aromatic N) is 2. The Morgan fingerprint density at radius 2 is 2.10 bits per heavy atom. The molecule has 0 atom stereocenters. The maximum Gasteiger partial charge on any atom is 0.170 e. The Kier molecular flexibility index (Phi) is 5.28. The van der Waals surface area contributed by atoms with Gasteiger partial charge in [-0.15, -0.1) is 0 Å². The van der Waals surface area contributed by atoms with Gasteiger partial charge >= 0.3 is 0 Å². The van der Waals surface area contributed by atoms with Crippen LogP contribution in [0, 0.1) is 12.7 Å². The molecular formula is C17H22FN3. The number of nitrogens with one attached hydrogen (secondary N) is 1. The van der Waals surface area contributed by atoms with Crippen LogP contribution in [0.4, 0.5) is 10.2 Å². The molecular weight excluding hydrogens is 265 g/mol. The highest BCUT2D eigenvalue weighted by Gasteiger charge is 2.13. The topological polar surface area (TPSA) is 28.2 Å². The summed E-state index contributed by atoms with van der Waals surface area (Å²) in [5, 5.41) is 3.14. The van der Waals surface area contributed by atoms with Gasteiger partial charge in [0, 0.05) is 31.9 Å². The second-order valence-corrected chi connectivity index (χ2v) is 5.23. The summed E-state index contributed by atoms with van der Waals surface area (Å²) in [6.07, 6.45) is 1.66. The Balaban J connectivity index is 2.17. The van der Waals surface area contributed by atoms with Crippen molar-refractivity contribution in [1.29, 1.82) is 0 Å². The van der Waals surface area contributed by atoms with Crippen molar-refractivity contribution in [3.8, 4) is 0 Å². The van der Waals surface area contributed by atoms with E-state index in [0.29, 0.717) is 24.5 Å². The van der Waals surface area contributed by atoms with Gasteiger partial charge in [0.25, 0.3) is 0 Å². The molecule has 0 fully saturated rings. The summed E-state index contributed by atoms with van der Waals surface area (Å²) < 4.78 is 14.5. The Morgan fingerprint density at radius 3 is 2.81 bits per heavy atom. The zero-order valence-corrected chi connectivity index (χ0v) is 12.9. The van der Waals surface area contributed by atoms with Crippen molar-refractivity contribution in [1.82, 2.24) is 10.3 Å². The fourth-order valence-electron chi connectivity index (χ4n) is 2.29. The van der Waals surface area contributed by atoms with Gasteiger partial charge in [-0.2, -0.15) is 0 Å². The molecule has 1 aromatic carbocycles. The Hall–Kier alpha value is -1.94. The minimum absolute atomic E-state index is 0.242. The number of pyridine rings is 1. The number of aromatic nitrogens is 1. The minimum atomic E-state index is -0.242. The fourth-order valence-corrected chi connectivity index (χ4v) is 2.29. The van der Waals surface area contributed by atoms with Crippen molar-refractivity contribution >= 4 is 5.82 Å². The van der Waals surface area contributed by atoms with E-state index in [1.807, 2.05) is 31.0 Å². The number of hydrogen-bond donors (Lipinski definition) is 1. The van der Waals surface area contributed by atoms with Gasteiger partial charge in [-0.3, -0.25) is 0 Å². The van der Waals surface area contributed by atoms with E-state index in [2.05, 4.69) is 29.4 Å². The fraction of sp³-hybridized carbons (Fsp3) is 0.353. The SMILES string of the molecule is CCNCc1ccnc(N(C)Cc2cccc(C)c2)c1F. The number of anilines is 1. The molecule has 0 spiro atoms. The van der Waals surface area contributed by atoms with Gasteiger partial charge < -0.3 is 10.2 Å². The summed E-state index contributed by atoms with van der Waals surface area (Å²) in [5.41, 5.74) is 3.00. The van der Waals surface area contributed by atoms with Gasteiger partial charge in [0.2, 0.25) is 0 Å². The van der Waals surface area contributed by atoms with E-state index in [4.69, 9.17) is 0 Å². The third-order valence-corrected chi connectivity index (χ3v) is 3.38. The maximum absolute atomic E-state index is 14.5. The molecule has 0 radical (unpaired) electrons. The summed E-state index contributed by atoms with van der Waals surface area (Å²) in [6.45, 7) is 6.03. The van der Waals surface area contributed by atoms with Gasteiger partial charge in [-0.25, -0.2) is 9.37 Å². The number of benzene rings is 1. The molecule has 1 heterocycles. The van der Waals surface area contributed by atoms with Crippen LogP contribution in [0.2, 0.25) is 0 Å². The van der Waals surface area contributed by atoms with Crippen molar-refractivity contribution in [2.24, 2.45) is 0 Å². The van der Waals surface area contributed by atoms with Gasteiger partial charge in [0.05, 0.1) is 0 Å². The second-order valence-electron chi connectivity index (χ2n) is 5.23. The van der Waals surface area contributed by atoms with Crippen molar-refractivity contribution in [3.63, 3.8) is 0 Å². The summed E-state index contributed by atoms with van der Waals surface area (Å²) in [4.78, 5) is 6.04. The molecule has 0 saturated carbocycles. The van der Waals surface area contributed by atoms with Crippen LogP contribution in [0.15, 0.2) is 36.5 Å². The molecule has 0 bridgehead atoms. The Morgan fingerprint density at radius 1 is 1.29 bits per heavy atom. The first-order valence-corrected chi connectivity index (χ1v) is 7.22. The smallest absolute Gasteiger partial charge is 0.170 e. The molecule has 1 N–H and O–H groups in total. The van der Waals surface area contributed by atoms with Crippen LogP contribution in [0.25, 0.3) is 0 Å². The van der Waals surface area contributed by atoms with Crippen LogP contribution in [0.1, 0.15) is 23.6 Å². The molecule has 0 aliphatic heterocycles. The average Bonchev–Trinajstić information content (AvgIpc) is 2.46. The molecule has 2 rings (SSSR count). The number of hydrogen-bond acceptors (Lipinski definition) is 3. The van der Waals surface area contributed by atoms with Gasteiger partial charge in [0.1, 0.15) is 0 Å². The first-order valence-electron chi connectivity index (χ1n) is 7.22. The van der Waals surface area contributed by atoms with E-state index >= 15 is 0 Å². The number of rotatable bonds is 6. The molecule has 112 valence electrons. The molecule has 3 nitrogen and oxygen atoms in total. The number of halogens is 1. The number of aryl methyl sites for hydroxylation is 1. The molecule has 0 aliphatic carbocycles. The lowest BCUT2D eigenvalue weighted by Gasteiger charge is -2.20. The normalized spacial score (nSPS) is 10.7. The summed E-state index contributed by atoms with van der Waals surface area (Å²) in [5.74, 6) is 0.153. The molecule has 0 unspecified atom stereocenters. The second kappa shape index (κ2) is 7.18. The highest BCUT2D eigenvalue weighted by molar-refractivity contribution is 5.43. The lowest BCUT2D eigenvalue weighted by molar-refractivity contribution is 0.583. The standard InChI is InChI=1S/C17H22FN3/c1-4-19-11-15-8-9-20-17(16(15)18)21(3)12-14-7-5-6-13(2)10-14/h5-10,19H,4,11-12H2,1-3H3. The third kappa shape index (κ3) is 4.02. The average molecular weight is 287 g/mol. The van der Waals surface area contributed by atoms with Crippen LogP contribution in [-0.2, 0) is 13.1 Å². The molecule has 2 aromatic rings. The van der Waals surface area contributed by atoms with E-state index in [9.17, 15) is 4.39 Å². The molecule has 0 amide bonds. The van der Waals surface area contributed by atoms with Crippen molar-refractivity contribution in [3.05, 3.63) is 59.0 Å². The highest BCUT2D eigenvalue weighted by Crippen LogP contribution is 2.20. The van der Waals surface area contributed by atoms with E-state index in [1.54, 1.807) is 12.3 Å². The minimum Gasteiger partial charge on any atom is -0.353 e. The van der Waals surface area contributed by atoms with E-state index in [0.717, 1.165) is 12.1 Å². The predicted molar refractivity (Wildman–Crippen MR) is 84.9 cm³/mol. The van der Waals surface area contributed by atoms with E-state index in [1.165, 1.54) is 5.56 Å². The van der Waals surface area contributed by atoms with Crippen LogP contribution in [0.5, 0.6) is 0 Å². The van der Waals surface area contributed by atoms with Crippen molar-refractivity contribution in [2.45, 2.75) is 26.9 Å². The predicted octanol–water partition coefficient (Wildman–Crippen LogP) is 3.28. The van der Waals surface area contributed by atoms with Gasteiger partial charge in [0.15, 0.2) is 11.6 Å². The van der Waals surface area contributed by atoms with E-state index in [-0.39, 0.29) is 5.82 Å². The third-order valence-electron chi connectivity index (χ3n) is 3.38. The lowest BCUT2D eigenvalue weighted by atomic mass is 10.1. The first-order chi connectivity index (χ1) is 10.1. The maximum atomic E-state index is 14.5. The largest absolute Gasteiger partial charge is 0.353 e. The van der Waals surface area contributed by atoms with Crippen LogP contribution < -0.4 is 10.2 Å².